The summed E-state index contributed by atoms with van der Waals surface area (Å²) in [5, 5.41) is 0.929. The number of fused-ring (bicyclic) bond motifs is 5. The third-order valence-corrected chi connectivity index (χ3v) is 10.4. The Balaban J connectivity index is 0.00000175. The standard InChI is InChI=1S/C34H40N4O5.CH3I/c1-4-23-24-17-22(43-33(41)37-15-11-21(12-16-37)36-13-7-6-8-14-36)9-10-28(24)35-30-25(23)19-38-29(30)18-27-26(31(38)39)20-42-32(40)34(27,3)5-2;1-2/h9-10,17-18,21H,4-8,11-16,19-20H2,1-3H3;1H3/t34-;/m0./s1. The minimum atomic E-state index is -0.864. The van der Waals surface area contributed by atoms with Crippen LogP contribution in [0, 0.1) is 0 Å². The number of hydrogen-bond donors (Lipinski definition) is 0. The summed E-state index contributed by atoms with van der Waals surface area (Å²) >= 11 is 2.15. The normalized spacial score (nSPS) is 21.4. The Bertz CT molecular complexity index is 1690. The predicted octanol–water partition coefficient (Wildman–Crippen LogP) is 6.21. The first-order valence-electron chi connectivity index (χ1n) is 16.3. The maximum absolute atomic E-state index is 13.7. The second kappa shape index (κ2) is 13.0. The first-order chi connectivity index (χ1) is 21.8. The highest BCUT2D eigenvalue weighted by atomic mass is 127. The number of rotatable bonds is 4. The molecule has 45 heavy (non-hydrogen) atoms. The van der Waals surface area contributed by atoms with Gasteiger partial charge < -0.3 is 23.8 Å². The van der Waals surface area contributed by atoms with Gasteiger partial charge in [-0.1, -0.05) is 42.9 Å². The van der Waals surface area contributed by atoms with Gasteiger partial charge in [0.1, 0.15) is 12.4 Å². The van der Waals surface area contributed by atoms with Crippen molar-refractivity contribution in [3.05, 3.63) is 56.9 Å². The molecule has 1 amide bonds. The van der Waals surface area contributed by atoms with Crippen LogP contribution in [0.25, 0.3) is 22.3 Å². The predicted molar refractivity (Wildman–Crippen MR) is 183 cm³/mol. The number of ether oxygens (including phenoxy) is 2. The molecule has 0 unspecified atom stereocenters. The summed E-state index contributed by atoms with van der Waals surface area (Å²) in [4.78, 5) is 51.0. The molecule has 3 aromatic rings. The van der Waals surface area contributed by atoms with Gasteiger partial charge >= 0.3 is 12.1 Å². The maximum Gasteiger partial charge on any atom is 0.415 e. The van der Waals surface area contributed by atoms with Crippen LogP contribution in [0.3, 0.4) is 0 Å². The number of alkyl halides is 1. The van der Waals surface area contributed by atoms with Crippen LogP contribution in [0.4, 0.5) is 4.79 Å². The van der Waals surface area contributed by atoms with E-state index < -0.39 is 5.41 Å². The van der Waals surface area contributed by atoms with Crippen molar-refractivity contribution in [1.82, 2.24) is 19.4 Å². The van der Waals surface area contributed by atoms with Crippen molar-refractivity contribution in [2.45, 2.75) is 90.3 Å². The zero-order valence-corrected chi connectivity index (χ0v) is 28.9. The van der Waals surface area contributed by atoms with Crippen LogP contribution in [0.2, 0.25) is 0 Å². The Hall–Kier alpha value is -2.99. The van der Waals surface area contributed by atoms with E-state index in [1.54, 1.807) is 10.6 Å². The number of pyridine rings is 2. The minimum absolute atomic E-state index is 0.0000875. The molecule has 2 aromatic heterocycles. The molecule has 7 rings (SSSR count). The van der Waals surface area contributed by atoms with Gasteiger partial charge in [0, 0.05) is 30.1 Å². The third-order valence-electron chi connectivity index (χ3n) is 10.4. The number of aryl methyl sites for hydroxylation is 1. The number of aromatic nitrogens is 2. The summed E-state index contributed by atoms with van der Waals surface area (Å²) < 4.78 is 13.1. The third kappa shape index (κ3) is 5.55. The molecule has 4 aliphatic rings. The van der Waals surface area contributed by atoms with Crippen molar-refractivity contribution in [1.29, 1.82) is 0 Å². The fraction of sp³-hybridized carbons (Fsp3) is 0.543. The summed E-state index contributed by atoms with van der Waals surface area (Å²) in [7, 11) is 0. The SMILES string of the molecule is CCc1c2c(nc3ccc(OC(=O)N4CCC(N5CCCCC5)CC4)cc13)-c1cc3c(c(=O)n1C2)COC(=O)[C@@]3(C)CC.CI. The van der Waals surface area contributed by atoms with E-state index in [1.807, 2.05) is 41.9 Å². The van der Waals surface area contributed by atoms with Crippen molar-refractivity contribution in [2.24, 2.45) is 0 Å². The van der Waals surface area contributed by atoms with Crippen molar-refractivity contribution >= 4 is 45.6 Å². The van der Waals surface area contributed by atoms with Crippen molar-refractivity contribution in [3.8, 4) is 17.1 Å². The number of amides is 1. The fourth-order valence-electron chi connectivity index (χ4n) is 7.63. The molecular formula is C35H43IN4O5. The van der Waals surface area contributed by atoms with Crippen molar-refractivity contribution in [3.63, 3.8) is 0 Å². The van der Waals surface area contributed by atoms with E-state index >= 15 is 0 Å². The van der Waals surface area contributed by atoms with E-state index in [-0.39, 0.29) is 24.2 Å². The molecule has 0 bridgehead atoms. The molecule has 9 nitrogen and oxygen atoms in total. The van der Waals surface area contributed by atoms with E-state index in [0.717, 1.165) is 58.2 Å². The highest BCUT2D eigenvalue weighted by Gasteiger charge is 2.43. The van der Waals surface area contributed by atoms with Gasteiger partial charge in [0.2, 0.25) is 0 Å². The molecule has 240 valence electrons. The van der Waals surface area contributed by atoms with E-state index in [0.29, 0.717) is 43.4 Å². The topological polar surface area (TPSA) is 94.0 Å². The van der Waals surface area contributed by atoms with Gasteiger partial charge in [0.05, 0.1) is 34.4 Å². The largest absolute Gasteiger partial charge is 0.460 e. The minimum Gasteiger partial charge on any atom is -0.460 e. The van der Waals surface area contributed by atoms with E-state index in [1.165, 1.54) is 32.4 Å². The van der Waals surface area contributed by atoms with Gasteiger partial charge in [0.15, 0.2) is 0 Å². The Labute approximate surface area is 278 Å². The number of carbonyl (C=O) groups excluding carboxylic acids is 2. The first kappa shape index (κ1) is 32.0. The van der Waals surface area contributed by atoms with E-state index in [2.05, 4.69) is 34.4 Å². The number of hydrogen-bond acceptors (Lipinski definition) is 7. The molecule has 0 spiro atoms. The smallest absolute Gasteiger partial charge is 0.415 e. The van der Waals surface area contributed by atoms with Crippen LogP contribution in [-0.2, 0) is 34.5 Å². The van der Waals surface area contributed by atoms with Crippen LogP contribution in [-0.4, -0.2) is 68.6 Å². The van der Waals surface area contributed by atoms with E-state index in [4.69, 9.17) is 14.5 Å². The number of likely N-dealkylation sites (tertiary alicyclic amines) is 2. The molecule has 0 N–H and O–H groups in total. The summed E-state index contributed by atoms with van der Waals surface area (Å²) in [6.45, 7) is 10.1. The average molecular weight is 727 g/mol. The lowest BCUT2D eigenvalue weighted by Crippen LogP contribution is -2.48. The van der Waals surface area contributed by atoms with Crippen LogP contribution < -0.4 is 10.3 Å². The molecule has 0 saturated carbocycles. The zero-order chi connectivity index (χ0) is 31.9. The van der Waals surface area contributed by atoms with Gasteiger partial charge in [-0.25, -0.2) is 9.78 Å². The first-order valence-corrected chi connectivity index (χ1v) is 18.5. The monoisotopic (exact) mass is 726 g/mol. The molecule has 0 radical (unpaired) electrons. The molecule has 6 heterocycles. The van der Waals surface area contributed by atoms with Gasteiger partial charge in [-0.15, -0.1) is 0 Å². The maximum atomic E-state index is 13.7. The van der Waals surface area contributed by atoms with Gasteiger partial charge in [-0.3, -0.25) is 9.59 Å². The summed E-state index contributed by atoms with van der Waals surface area (Å²) in [5.41, 5.74) is 4.72. The molecule has 10 heteroatoms. The Kier molecular flexibility index (Phi) is 9.25. The van der Waals surface area contributed by atoms with Gasteiger partial charge in [0.25, 0.3) is 5.56 Å². The number of piperidine rings is 2. The molecule has 1 aromatic carbocycles. The van der Waals surface area contributed by atoms with E-state index in [9.17, 15) is 14.4 Å². The molecule has 0 aliphatic carbocycles. The van der Waals surface area contributed by atoms with Crippen molar-refractivity contribution < 1.29 is 19.1 Å². The second-order valence-electron chi connectivity index (χ2n) is 12.7. The van der Waals surface area contributed by atoms with Crippen LogP contribution in [0.1, 0.15) is 81.5 Å². The molecule has 4 aliphatic heterocycles. The lowest BCUT2D eigenvalue weighted by molar-refractivity contribution is -0.153. The lowest BCUT2D eigenvalue weighted by atomic mass is 9.76. The number of esters is 1. The Morgan fingerprint density at radius 3 is 2.47 bits per heavy atom. The average Bonchev–Trinajstić information content (AvgIpc) is 3.45. The summed E-state index contributed by atoms with van der Waals surface area (Å²) in [6.07, 6.45) is 6.84. The number of cyclic esters (lactones) is 1. The number of halogens is 1. The van der Waals surface area contributed by atoms with Gasteiger partial charge in [-0.2, -0.15) is 0 Å². The zero-order valence-electron chi connectivity index (χ0n) is 26.8. The quantitative estimate of drug-likeness (QED) is 0.140. The fourth-order valence-corrected chi connectivity index (χ4v) is 7.63. The summed E-state index contributed by atoms with van der Waals surface area (Å²) in [5.74, 6) is 0.212. The number of nitrogens with zero attached hydrogens (tertiary/aromatic N) is 4. The lowest BCUT2D eigenvalue weighted by Gasteiger charge is -2.39. The highest BCUT2D eigenvalue weighted by molar-refractivity contribution is 14.1. The molecule has 2 fully saturated rings. The molecule has 1 atom stereocenters. The van der Waals surface area contributed by atoms with Crippen LogP contribution in [0.5, 0.6) is 5.75 Å². The van der Waals surface area contributed by atoms with Gasteiger partial charge in [-0.05, 0) is 98.9 Å². The Morgan fingerprint density at radius 2 is 1.78 bits per heavy atom. The molecular weight excluding hydrogens is 683 g/mol. The van der Waals surface area contributed by atoms with Crippen molar-refractivity contribution in [2.75, 3.05) is 31.1 Å². The number of benzene rings is 1. The van der Waals surface area contributed by atoms with Crippen LogP contribution in [0.15, 0.2) is 29.1 Å². The molecule has 2 saturated heterocycles. The van der Waals surface area contributed by atoms with Crippen LogP contribution >= 0.6 is 22.6 Å². The highest BCUT2D eigenvalue weighted by Crippen LogP contribution is 2.41. The second-order valence-corrected chi connectivity index (χ2v) is 12.7. The number of carbonyl (C=O) groups is 2. The summed E-state index contributed by atoms with van der Waals surface area (Å²) in [6, 6.07) is 8.16. The Morgan fingerprint density at radius 1 is 1.04 bits per heavy atom.